The van der Waals surface area contributed by atoms with Gasteiger partial charge in [0.15, 0.2) is 6.61 Å². The van der Waals surface area contributed by atoms with Gasteiger partial charge in [0.1, 0.15) is 5.75 Å². The molecule has 1 heterocycles. The Hall–Kier alpha value is -2.02. The number of rotatable bonds is 7. The minimum Gasteiger partial charge on any atom is -0.549 e. The van der Waals surface area contributed by atoms with Gasteiger partial charge in [-0.25, -0.2) is 0 Å². The van der Waals surface area contributed by atoms with Crippen molar-refractivity contribution in [2.45, 2.75) is 25.2 Å². The molecule has 0 radical (unpaired) electrons. The number of hydrogen-bond donors (Lipinski definition) is 0. The van der Waals surface area contributed by atoms with Gasteiger partial charge in [-0.15, -0.1) is 10.2 Å². The van der Waals surface area contributed by atoms with Gasteiger partial charge in [-0.1, -0.05) is 30.8 Å². The molecule has 0 spiro atoms. The lowest BCUT2D eigenvalue weighted by atomic mass is 10.2. The fraction of sp³-hybridized carbons (Fsp3) is 0.308. The van der Waals surface area contributed by atoms with Crippen molar-refractivity contribution in [1.29, 1.82) is 0 Å². The number of carbonyl (C=O) groups is 1. The number of thioether (sulfide) groups is 1. The van der Waals surface area contributed by atoms with Gasteiger partial charge in [0.05, 0.1) is 5.97 Å². The van der Waals surface area contributed by atoms with Crippen LogP contribution in [0.2, 0.25) is 0 Å². The molecule has 106 valence electrons. The van der Waals surface area contributed by atoms with Crippen LogP contribution in [0, 0.1) is 0 Å². The summed E-state index contributed by atoms with van der Waals surface area (Å²) in [6.07, 6.45) is 0.975. The number of carboxylic acid groups (broad SMARTS) is 1. The molecule has 0 atom stereocenters. The summed E-state index contributed by atoms with van der Waals surface area (Å²) in [6, 6.07) is 7.73. The van der Waals surface area contributed by atoms with E-state index in [-0.39, 0.29) is 17.6 Å². The summed E-state index contributed by atoms with van der Waals surface area (Å²) in [5, 5.41) is 18.0. The minimum atomic E-state index is -1.18. The molecule has 0 aliphatic carbocycles. The highest BCUT2D eigenvalue weighted by molar-refractivity contribution is 7.99. The van der Waals surface area contributed by atoms with Crippen LogP contribution in [-0.2, 0) is 17.8 Å². The second-order valence-electron chi connectivity index (χ2n) is 3.91. The molecule has 0 saturated carbocycles. The van der Waals surface area contributed by atoms with E-state index in [1.54, 1.807) is 0 Å². The van der Waals surface area contributed by atoms with Crippen LogP contribution in [-0.4, -0.2) is 21.9 Å². The average Bonchev–Trinajstić information content (AvgIpc) is 2.91. The molecule has 0 fully saturated rings. The first-order chi connectivity index (χ1) is 9.67. The Bertz CT molecular complexity index is 568. The highest BCUT2D eigenvalue weighted by atomic mass is 32.2. The molecule has 0 unspecified atom stereocenters. The molecular weight excluding hydrogens is 280 g/mol. The van der Waals surface area contributed by atoms with Crippen molar-refractivity contribution in [1.82, 2.24) is 10.2 Å². The Kier molecular flexibility index (Phi) is 5.00. The number of aromatic nitrogens is 2. The molecular formula is C13H13N2O4S-. The Morgan fingerprint density at radius 1 is 1.35 bits per heavy atom. The van der Waals surface area contributed by atoms with Crippen LogP contribution in [0.25, 0.3) is 0 Å². The Morgan fingerprint density at radius 3 is 2.75 bits per heavy atom. The third kappa shape index (κ3) is 4.27. The summed E-state index contributed by atoms with van der Waals surface area (Å²) in [7, 11) is 0. The van der Waals surface area contributed by atoms with E-state index in [9.17, 15) is 9.90 Å². The van der Waals surface area contributed by atoms with Crippen LogP contribution in [0.5, 0.6) is 5.75 Å². The number of aryl methyl sites for hydroxylation is 1. The summed E-state index contributed by atoms with van der Waals surface area (Å²) >= 11 is 0.918. The van der Waals surface area contributed by atoms with Gasteiger partial charge >= 0.3 is 0 Å². The van der Waals surface area contributed by atoms with E-state index in [1.165, 1.54) is 5.56 Å². The van der Waals surface area contributed by atoms with E-state index in [2.05, 4.69) is 17.1 Å². The maximum Gasteiger partial charge on any atom is 0.277 e. The van der Waals surface area contributed by atoms with Crippen molar-refractivity contribution >= 4 is 17.7 Å². The number of nitrogens with zero attached hydrogens (tertiary/aromatic N) is 2. The molecule has 6 nitrogen and oxygen atoms in total. The predicted molar refractivity (Wildman–Crippen MR) is 70.2 cm³/mol. The van der Waals surface area contributed by atoms with Crippen LogP contribution in [0.4, 0.5) is 0 Å². The first-order valence-corrected chi connectivity index (χ1v) is 7.02. The monoisotopic (exact) mass is 293 g/mol. The van der Waals surface area contributed by atoms with Crippen LogP contribution in [0.1, 0.15) is 18.4 Å². The maximum absolute atomic E-state index is 10.3. The van der Waals surface area contributed by atoms with E-state index in [4.69, 9.17) is 9.15 Å². The number of carboxylic acids is 1. The summed E-state index contributed by atoms with van der Waals surface area (Å²) < 4.78 is 10.7. The van der Waals surface area contributed by atoms with Crippen LogP contribution < -0.4 is 9.84 Å². The second kappa shape index (κ2) is 6.95. The van der Waals surface area contributed by atoms with Crippen LogP contribution in [0.3, 0.4) is 0 Å². The average molecular weight is 293 g/mol. The molecule has 1 aromatic heterocycles. The van der Waals surface area contributed by atoms with E-state index in [0.29, 0.717) is 11.6 Å². The first kappa shape index (κ1) is 14.4. The van der Waals surface area contributed by atoms with Crippen LogP contribution in [0.15, 0.2) is 33.9 Å². The van der Waals surface area contributed by atoms with Gasteiger partial charge in [-0.2, -0.15) is 0 Å². The molecule has 2 aromatic rings. The molecule has 1 aromatic carbocycles. The molecule has 7 heteroatoms. The lowest BCUT2D eigenvalue weighted by Crippen LogP contribution is -2.24. The Labute approximate surface area is 120 Å². The third-order valence-corrected chi connectivity index (χ3v) is 3.25. The summed E-state index contributed by atoms with van der Waals surface area (Å²) in [5.41, 5.74) is 1.23. The first-order valence-electron chi connectivity index (χ1n) is 6.04. The number of ether oxygens (including phenoxy) is 1. The Balaban J connectivity index is 1.85. The lowest BCUT2D eigenvalue weighted by Gasteiger charge is -2.03. The maximum atomic E-state index is 10.3. The number of benzene rings is 1. The standard InChI is InChI=1S/C13H14N2O4S/c1-2-9-3-5-10(6-4-9)18-7-11-14-15-13(19-11)20-8-12(16)17/h3-6H,2,7-8H2,1H3,(H,16,17)/p-1. The van der Waals surface area contributed by atoms with Gasteiger partial charge in [0.25, 0.3) is 11.1 Å². The van der Waals surface area contributed by atoms with E-state index >= 15 is 0 Å². The van der Waals surface area contributed by atoms with Gasteiger partial charge in [-0.3, -0.25) is 0 Å². The van der Waals surface area contributed by atoms with Crippen molar-refractivity contribution in [3.8, 4) is 5.75 Å². The third-order valence-electron chi connectivity index (χ3n) is 2.46. The highest BCUT2D eigenvalue weighted by Gasteiger charge is 2.07. The molecule has 20 heavy (non-hydrogen) atoms. The zero-order chi connectivity index (χ0) is 14.4. The zero-order valence-corrected chi connectivity index (χ0v) is 11.7. The van der Waals surface area contributed by atoms with E-state index in [0.717, 1.165) is 18.2 Å². The van der Waals surface area contributed by atoms with Gasteiger partial charge < -0.3 is 19.1 Å². The number of hydrogen-bond acceptors (Lipinski definition) is 7. The summed E-state index contributed by atoms with van der Waals surface area (Å²) in [6.45, 7) is 2.23. The molecule has 0 amide bonds. The normalized spacial score (nSPS) is 10.4. The Morgan fingerprint density at radius 2 is 2.10 bits per heavy atom. The molecule has 2 rings (SSSR count). The highest BCUT2D eigenvalue weighted by Crippen LogP contribution is 2.17. The largest absolute Gasteiger partial charge is 0.549 e. The molecule has 0 aliphatic heterocycles. The fourth-order valence-electron chi connectivity index (χ4n) is 1.44. The van der Waals surface area contributed by atoms with Crippen molar-refractivity contribution < 1.29 is 19.1 Å². The van der Waals surface area contributed by atoms with Gasteiger partial charge in [0, 0.05) is 5.75 Å². The molecule has 0 aliphatic rings. The number of carbonyl (C=O) groups excluding carboxylic acids is 1. The lowest BCUT2D eigenvalue weighted by molar-refractivity contribution is -0.301. The molecule has 0 bridgehead atoms. The van der Waals surface area contributed by atoms with Crippen molar-refractivity contribution in [3.63, 3.8) is 0 Å². The van der Waals surface area contributed by atoms with Crippen molar-refractivity contribution in [3.05, 3.63) is 35.7 Å². The molecule has 0 saturated heterocycles. The van der Waals surface area contributed by atoms with Crippen molar-refractivity contribution in [2.75, 3.05) is 5.75 Å². The van der Waals surface area contributed by atoms with Crippen LogP contribution >= 0.6 is 11.8 Å². The number of aliphatic carboxylic acids is 1. The predicted octanol–water partition coefficient (Wildman–Crippen LogP) is 1.05. The second-order valence-corrected chi connectivity index (χ2v) is 4.84. The fourth-order valence-corrected chi connectivity index (χ4v) is 1.94. The van der Waals surface area contributed by atoms with E-state index in [1.807, 2.05) is 24.3 Å². The van der Waals surface area contributed by atoms with Gasteiger partial charge in [0.2, 0.25) is 0 Å². The minimum absolute atomic E-state index is 0.143. The topological polar surface area (TPSA) is 88.3 Å². The SMILES string of the molecule is CCc1ccc(OCc2nnc(SCC(=O)[O-])o2)cc1. The van der Waals surface area contributed by atoms with Crippen molar-refractivity contribution in [2.24, 2.45) is 0 Å². The smallest absolute Gasteiger partial charge is 0.277 e. The quantitative estimate of drug-likeness (QED) is 0.705. The van der Waals surface area contributed by atoms with E-state index < -0.39 is 5.97 Å². The zero-order valence-electron chi connectivity index (χ0n) is 10.9. The van der Waals surface area contributed by atoms with Gasteiger partial charge in [-0.05, 0) is 24.1 Å². The summed E-state index contributed by atoms with van der Waals surface area (Å²) in [4.78, 5) is 10.3. The molecule has 0 N–H and O–H groups in total. The summed E-state index contributed by atoms with van der Waals surface area (Å²) in [5.74, 6) is -0.391.